The second-order valence-corrected chi connectivity index (χ2v) is 5.01. The maximum absolute atomic E-state index is 12.3. The van der Waals surface area contributed by atoms with Crippen LogP contribution in [0, 0.1) is 18.3 Å². The van der Waals surface area contributed by atoms with E-state index in [-0.39, 0.29) is 6.61 Å². The molecule has 2 aromatic heterocycles. The maximum atomic E-state index is 12.3. The van der Waals surface area contributed by atoms with E-state index < -0.39 is 5.97 Å². The fourth-order valence-electron chi connectivity index (χ4n) is 2.36. The third-order valence-electron chi connectivity index (χ3n) is 3.47. The number of nitrogens with zero attached hydrogens (tertiary/aromatic N) is 4. The van der Waals surface area contributed by atoms with E-state index in [1.54, 1.807) is 6.92 Å². The van der Waals surface area contributed by atoms with Gasteiger partial charge >= 0.3 is 5.97 Å². The summed E-state index contributed by atoms with van der Waals surface area (Å²) in [6.07, 6.45) is 2.87. The molecule has 0 aliphatic heterocycles. The Hall–Kier alpha value is -3.20. The Labute approximate surface area is 133 Å². The Bertz CT molecular complexity index is 920. The summed E-state index contributed by atoms with van der Waals surface area (Å²) in [6, 6.07) is 9.76. The van der Waals surface area contributed by atoms with E-state index in [9.17, 15) is 4.79 Å². The number of fused-ring (bicyclic) bond motifs is 1. The van der Waals surface area contributed by atoms with E-state index in [0.717, 1.165) is 11.1 Å². The molecule has 0 radical (unpaired) electrons. The number of hydrogen-bond acceptors (Lipinski definition) is 5. The summed E-state index contributed by atoms with van der Waals surface area (Å²) < 4.78 is 6.62. The summed E-state index contributed by atoms with van der Waals surface area (Å²) in [5, 5.41) is 13.4. The van der Waals surface area contributed by atoms with Crippen LogP contribution in [0.3, 0.4) is 0 Å². The number of esters is 1. The third-order valence-corrected chi connectivity index (χ3v) is 3.47. The van der Waals surface area contributed by atoms with E-state index in [0.29, 0.717) is 22.5 Å². The second-order valence-electron chi connectivity index (χ2n) is 5.01. The summed E-state index contributed by atoms with van der Waals surface area (Å²) in [7, 11) is 0. The summed E-state index contributed by atoms with van der Waals surface area (Å²) in [5.74, 6) is -0.466. The summed E-state index contributed by atoms with van der Waals surface area (Å²) in [5.41, 5.74) is 3.56. The van der Waals surface area contributed by atoms with E-state index in [4.69, 9.17) is 10.00 Å². The van der Waals surface area contributed by atoms with Crippen LogP contribution in [-0.2, 0) is 4.74 Å². The van der Waals surface area contributed by atoms with Crippen LogP contribution in [0.5, 0.6) is 0 Å². The number of aromatic nitrogens is 3. The van der Waals surface area contributed by atoms with Crippen molar-refractivity contribution in [1.29, 1.82) is 5.26 Å². The first-order valence-electron chi connectivity index (χ1n) is 7.16. The van der Waals surface area contributed by atoms with Crippen molar-refractivity contribution in [3.63, 3.8) is 0 Å². The van der Waals surface area contributed by atoms with Gasteiger partial charge in [-0.25, -0.2) is 14.3 Å². The number of benzene rings is 1. The van der Waals surface area contributed by atoms with Crippen molar-refractivity contribution in [1.82, 2.24) is 14.6 Å². The van der Waals surface area contributed by atoms with Crippen LogP contribution in [0.2, 0.25) is 0 Å². The molecule has 0 aliphatic carbocycles. The van der Waals surface area contributed by atoms with Gasteiger partial charge in [-0.1, -0.05) is 29.8 Å². The molecule has 0 N–H and O–H groups in total. The molecule has 114 valence electrons. The van der Waals surface area contributed by atoms with E-state index >= 15 is 0 Å². The van der Waals surface area contributed by atoms with Crippen molar-refractivity contribution in [2.45, 2.75) is 13.8 Å². The van der Waals surface area contributed by atoms with Crippen molar-refractivity contribution in [3.8, 4) is 17.3 Å². The molecule has 0 atom stereocenters. The number of hydrogen-bond donors (Lipinski definition) is 0. The average molecular weight is 306 g/mol. The number of carbonyl (C=O) groups excluding carboxylic acids is 1. The van der Waals surface area contributed by atoms with Gasteiger partial charge in [0.15, 0.2) is 5.65 Å². The molecule has 0 saturated carbocycles. The molecule has 1 aromatic carbocycles. The minimum atomic E-state index is -0.466. The van der Waals surface area contributed by atoms with Crippen molar-refractivity contribution in [2.24, 2.45) is 0 Å². The van der Waals surface area contributed by atoms with Crippen LogP contribution < -0.4 is 0 Å². The quantitative estimate of drug-likeness (QED) is 0.695. The zero-order valence-electron chi connectivity index (χ0n) is 12.8. The molecule has 2 heterocycles. The van der Waals surface area contributed by atoms with Gasteiger partial charge in [0.25, 0.3) is 0 Å². The van der Waals surface area contributed by atoms with Gasteiger partial charge in [-0.3, -0.25) is 0 Å². The normalized spacial score (nSPS) is 10.5. The van der Waals surface area contributed by atoms with Gasteiger partial charge in [-0.2, -0.15) is 10.4 Å². The summed E-state index contributed by atoms with van der Waals surface area (Å²) >= 11 is 0. The zero-order chi connectivity index (χ0) is 16.4. The summed E-state index contributed by atoms with van der Waals surface area (Å²) in [6.45, 7) is 4.00. The lowest BCUT2D eigenvalue weighted by molar-refractivity contribution is 0.0526. The SMILES string of the molecule is CCOC(=O)c1cnc2c(C#N)cnn2c1-c1ccc(C)cc1. The highest BCUT2D eigenvalue weighted by molar-refractivity contribution is 5.96. The molecular weight excluding hydrogens is 292 g/mol. The first kappa shape index (κ1) is 14.7. The molecule has 0 bridgehead atoms. The first-order chi connectivity index (χ1) is 11.2. The van der Waals surface area contributed by atoms with Gasteiger partial charge in [0.1, 0.15) is 17.2 Å². The molecule has 0 aliphatic rings. The molecule has 3 aromatic rings. The number of rotatable bonds is 3. The third kappa shape index (κ3) is 2.53. The largest absolute Gasteiger partial charge is 0.462 e. The minimum Gasteiger partial charge on any atom is -0.462 e. The molecule has 0 unspecified atom stereocenters. The lowest BCUT2D eigenvalue weighted by atomic mass is 10.1. The lowest BCUT2D eigenvalue weighted by Crippen LogP contribution is -2.11. The molecule has 6 nitrogen and oxygen atoms in total. The number of aryl methyl sites for hydroxylation is 1. The van der Waals surface area contributed by atoms with Crippen LogP contribution in [0.15, 0.2) is 36.7 Å². The van der Waals surface area contributed by atoms with E-state index in [1.165, 1.54) is 16.9 Å². The van der Waals surface area contributed by atoms with Crippen LogP contribution >= 0.6 is 0 Å². The predicted molar refractivity (Wildman–Crippen MR) is 83.8 cm³/mol. The highest BCUT2D eigenvalue weighted by atomic mass is 16.5. The number of nitriles is 1. The molecule has 0 fully saturated rings. The van der Waals surface area contributed by atoms with Crippen LogP contribution in [0.4, 0.5) is 0 Å². The smallest absolute Gasteiger partial charge is 0.341 e. The van der Waals surface area contributed by atoms with Gasteiger partial charge in [-0.05, 0) is 13.8 Å². The monoisotopic (exact) mass is 306 g/mol. The minimum absolute atomic E-state index is 0.271. The average Bonchev–Trinajstić information content (AvgIpc) is 2.98. The van der Waals surface area contributed by atoms with Gasteiger partial charge in [0.05, 0.1) is 18.5 Å². The van der Waals surface area contributed by atoms with E-state index in [2.05, 4.69) is 10.1 Å². The van der Waals surface area contributed by atoms with Crippen molar-refractivity contribution >= 4 is 11.6 Å². The molecular formula is C17H14N4O2. The van der Waals surface area contributed by atoms with Crippen LogP contribution in [-0.4, -0.2) is 27.2 Å². The predicted octanol–water partition coefficient (Wildman–Crippen LogP) is 2.75. The molecule has 6 heteroatoms. The number of carbonyl (C=O) groups is 1. The van der Waals surface area contributed by atoms with Crippen molar-refractivity contribution in [2.75, 3.05) is 6.61 Å². The molecule has 3 rings (SSSR count). The van der Waals surface area contributed by atoms with Gasteiger partial charge in [0.2, 0.25) is 0 Å². The Balaban J connectivity index is 2.31. The second kappa shape index (κ2) is 5.89. The van der Waals surface area contributed by atoms with Gasteiger partial charge in [-0.15, -0.1) is 0 Å². The standard InChI is InChI=1S/C17H14N4O2/c1-3-23-17(22)14-10-19-16-13(8-18)9-20-21(16)15(14)12-6-4-11(2)5-7-12/h4-7,9-10H,3H2,1-2H3. The fraction of sp³-hybridized carbons (Fsp3) is 0.176. The zero-order valence-corrected chi connectivity index (χ0v) is 12.8. The number of ether oxygens (including phenoxy) is 1. The molecule has 0 amide bonds. The Morgan fingerprint density at radius 2 is 2.04 bits per heavy atom. The highest BCUT2D eigenvalue weighted by Gasteiger charge is 2.20. The van der Waals surface area contributed by atoms with Crippen molar-refractivity contribution in [3.05, 3.63) is 53.3 Å². The Morgan fingerprint density at radius 1 is 1.30 bits per heavy atom. The first-order valence-corrected chi connectivity index (χ1v) is 7.16. The Morgan fingerprint density at radius 3 is 2.70 bits per heavy atom. The van der Waals surface area contributed by atoms with E-state index in [1.807, 2.05) is 37.3 Å². The lowest BCUT2D eigenvalue weighted by Gasteiger charge is -2.11. The molecule has 0 spiro atoms. The van der Waals surface area contributed by atoms with Gasteiger partial charge in [0, 0.05) is 11.8 Å². The highest BCUT2D eigenvalue weighted by Crippen LogP contribution is 2.26. The summed E-state index contributed by atoms with van der Waals surface area (Å²) in [4.78, 5) is 16.5. The maximum Gasteiger partial charge on any atom is 0.341 e. The van der Waals surface area contributed by atoms with Crippen LogP contribution in [0.1, 0.15) is 28.4 Å². The molecule has 23 heavy (non-hydrogen) atoms. The fourth-order valence-corrected chi connectivity index (χ4v) is 2.36. The topological polar surface area (TPSA) is 80.3 Å². The molecule has 0 saturated heterocycles. The Kier molecular flexibility index (Phi) is 3.77. The van der Waals surface area contributed by atoms with Gasteiger partial charge < -0.3 is 4.74 Å². The van der Waals surface area contributed by atoms with Crippen molar-refractivity contribution < 1.29 is 9.53 Å². The van der Waals surface area contributed by atoms with Crippen LogP contribution in [0.25, 0.3) is 16.9 Å².